The number of carboxylic acids is 1. The lowest BCUT2D eigenvalue weighted by molar-refractivity contribution is -0.143. The molecule has 0 aliphatic carbocycles. The van der Waals surface area contributed by atoms with Crippen molar-refractivity contribution in [3.8, 4) is 11.1 Å². The summed E-state index contributed by atoms with van der Waals surface area (Å²) < 4.78 is 18.8. The summed E-state index contributed by atoms with van der Waals surface area (Å²) in [6.45, 7) is 0.458. The fourth-order valence-electron chi connectivity index (χ4n) is 3.90. The fraction of sp³-hybridized carbons (Fsp3) is 0.217. The van der Waals surface area contributed by atoms with E-state index in [4.69, 9.17) is 16.0 Å². The standard InChI is InChI=1S/C23H18ClFN2O6/c24-18-8-13(25)2-4-14(18)16-9-21(29)33-20-7-12(1-3-15(16)20)17(11-28)22(30)27-6-5-26-19(10-27)23(31)32/h1-4,7-9,11,17,19,26H,5-6,10H2,(H,31,32)/t17?,19-/m1/s1. The smallest absolute Gasteiger partial charge is 0.336 e. The number of aliphatic carboxylic acids is 1. The monoisotopic (exact) mass is 472 g/mol. The third-order valence-corrected chi connectivity index (χ3v) is 5.85. The Balaban J connectivity index is 1.72. The molecule has 1 fully saturated rings. The first-order valence-electron chi connectivity index (χ1n) is 10.0. The zero-order valence-corrected chi connectivity index (χ0v) is 17.8. The number of carboxylic acid groups (broad SMARTS) is 1. The van der Waals surface area contributed by atoms with Crippen LogP contribution >= 0.6 is 11.6 Å². The molecule has 3 aromatic rings. The van der Waals surface area contributed by atoms with Gasteiger partial charge >= 0.3 is 11.6 Å². The number of carbonyl (C=O) groups is 3. The molecule has 4 rings (SSSR count). The third-order valence-electron chi connectivity index (χ3n) is 5.54. The lowest BCUT2D eigenvalue weighted by Gasteiger charge is -2.33. The second kappa shape index (κ2) is 9.13. The van der Waals surface area contributed by atoms with Crippen LogP contribution in [0.5, 0.6) is 0 Å². The van der Waals surface area contributed by atoms with Crippen LogP contribution in [0, 0.1) is 5.82 Å². The minimum atomic E-state index is -1.20. The van der Waals surface area contributed by atoms with Gasteiger partial charge in [-0.2, -0.15) is 0 Å². The molecule has 10 heteroatoms. The van der Waals surface area contributed by atoms with Gasteiger partial charge in [0.2, 0.25) is 5.91 Å². The number of amides is 1. The molecule has 8 nitrogen and oxygen atoms in total. The Morgan fingerprint density at radius 1 is 1.21 bits per heavy atom. The van der Waals surface area contributed by atoms with Crippen LogP contribution < -0.4 is 10.9 Å². The van der Waals surface area contributed by atoms with Gasteiger partial charge in [0.25, 0.3) is 0 Å². The first-order valence-corrected chi connectivity index (χ1v) is 10.4. The predicted molar refractivity (Wildman–Crippen MR) is 118 cm³/mol. The Morgan fingerprint density at radius 3 is 2.70 bits per heavy atom. The van der Waals surface area contributed by atoms with Crippen molar-refractivity contribution in [2.45, 2.75) is 12.0 Å². The molecule has 0 radical (unpaired) electrons. The summed E-state index contributed by atoms with van der Waals surface area (Å²) >= 11 is 6.17. The maximum absolute atomic E-state index is 13.5. The van der Waals surface area contributed by atoms with Crippen molar-refractivity contribution in [3.63, 3.8) is 0 Å². The van der Waals surface area contributed by atoms with Gasteiger partial charge in [-0.1, -0.05) is 23.7 Å². The van der Waals surface area contributed by atoms with Crippen LogP contribution in [-0.2, 0) is 14.4 Å². The summed E-state index contributed by atoms with van der Waals surface area (Å²) in [5.41, 5.74) is 0.568. The number of benzene rings is 2. The number of nitrogens with zero attached hydrogens (tertiary/aromatic N) is 1. The Hall–Kier alpha value is -3.56. The number of carbonyl (C=O) groups excluding carboxylic acids is 2. The molecule has 2 heterocycles. The largest absolute Gasteiger partial charge is 0.480 e. The van der Waals surface area contributed by atoms with Crippen LogP contribution in [0.1, 0.15) is 11.5 Å². The summed E-state index contributed by atoms with van der Waals surface area (Å²) in [6.07, 6.45) is 0.472. The highest BCUT2D eigenvalue weighted by Gasteiger charge is 2.32. The highest BCUT2D eigenvalue weighted by atomic mass is 35.5. The third kappa shape index (κ3) is 4.50. The van der Waals surface area contributed by atoms with Crippen molar-refractivity contribution in [1.82, 2.24) is 10.2 Å². The van der Waals surface area contributed by atoms with Gasteiger partial charge in [-0.15, -0.1) is 0 Å². The molecule has 1 amide bonds. The average Bonchev–Trinajstić information content (AvgIpc) is 2.79. The van der Waals surface area contributed by atoms with E-state index in [2.05, 4.69) is 5.32 Å². The lowest BCUT2D eigenvalue weighted by Crippen LogP contribution is -2.56. The van der Waals surface area contributed by atoms with Gasteiger partial charge in [0, 0.05) is 42.2 Å². The van der Waals surface area contributed by atoms with Gasteiger partial charge in [-0.05, 0) is 29.8 Å². The van der Waals surface area contributed by atoms with E-state index < -0.39 is 35.3 Å². The Morgan fingerprint density at radius 2 is 2.00 bits per heavy atom. The normalized spacial score (nSPS) is 17.0. The van der Waals surface area contributed by atoms with Crippen molar-refractivity contribution in [2.24, 2.45) is 0 Å². The molecule has 33 heavy (non-hydrogen) atoms. The second-order valence-corrected chi connectivity index (χ2v) is 8.01. The molecule has 0 saturated carbocycles. The predicted octanol–water partition coefficient (Wildman–Crippen LogP) is 2.42. The van der Waals surface area contributed by atoms with E-state index in [1.807, 2.05) is 0 Å². The summed E-state index contributed by atoms with van der Waals surface area (Å²) in [5, 5.41) is 12.6. The lowest BCUT2D eigenvalue weighted by atomic mass is 9.95. The SMILES string of the molecule is O=CC(C(=O)N1CCN[C@@H](C(=O)O)C1)c1ccc2c(-c3ccc(F)cc3Cl)cc(=O)oc2c1. The molecule has 1 aliphatic rings. The quantitative estimate of drug-likeness (QED) is 0.332. The zero-order valence-electron chi connectivity index (χ0n) is 17.1. The van der Waals surface area contributed by atoms with Crippen LogP contribution in [0.4, 0.5) is 4.39 Å². The molecule has 2 aromatic carbocycles. The highest BCUT2D eigenvalue weighted by Crippen LogP contribution is 2.34. The Labute approximate surface area is 191 Å². The highest BCUT2D eigenvalue weighted by molar-refractivity contribution is 6.33. The van der Waals surface area contributed by atoms with E-state index >= 15 is 0 Å². The molecular formula is C23H18ClFN2O6. The van der Waals surface area contributed by atoms with E-state index in [1.165, 1.54) is 29.2 Å². The molecule has 2 atom stereocenters. The number of nitrogens with one attached hydrogen (secondary N) is 1. The van der Waals surface area contributed by atoms with Crippen molar-refractivity contribution in [1.29, 1.82) is 0 Å². The van der Waals surface area contributed by atoms with Crippen LogP contribution in [0.3, 0.4) is 0 Å². The molecule has 2 N–H and O–H groups in total. The van der Waals surface area contributed by atoms with Crippen molar-refractivity contribution in [2.75, 3.05) is 19.6 Å². The van der Waals surface area contributed by atoms with Crippen molar-refractivity contribution >= 4 is 40.7 Å². The Kier molecular flexibility index (Phi) is 6.26. The number of fused-ring (bicyclic) bond motifs is 1. The molecule has 170 valence electrons. The topological polar surface area (TPSA) is 117 Å². The summed E-state index contributed by atoms with van der Waals surface area (Å²) in [4.78, 5) is 49.6. The maximum atomic E-state index is 13.5. The van der Waals surface area contributed by atoms with Crippen molar-refractivity contribution in [3.05, 3.63) is 69.3 Å². The summed E-state index contributed by atoms with van der Waals surface area (Å²) in [7, 11) is 0. The minimum Gasteiger partial charge on any atom is -0.480 e. The average molecular weight is 473 g/mol. The molecule has 1 aliphatic heterocycles. The number of halogens is 2. The molecule has 1 saturated heterocycles. The van der Waals surface area contributed by atoms with Crippen LogP contribution in [0.2, 0.25) is 5.02 Å². The number of hydrogen-bond donors (Lipinski definition) is 2. The fourth-order valence-corrected chi connectivity index (χ4v) is 4.16. The summed E-state index contributed by atoms with van der Waals surface area (Å²) in [5.74, 6) is -3.36. The first kappa shape index (κ1) is 22.6. The first-order chi connectivity index (χ1) is 15.8. The molecular weight excluding hydrogens is 455 g/mol. The van der Waals surface area contributed by atoms with Crippen LogP contribution in [0.15, 0.2) is 51.7 Å². The van der Waals surface area contributed by atoms with E-state index in [9.17, 15) is 28.7 Å². The minimum absolute atomic E-state index is 0.0750. The summed E-state index contributed by atoms with van der Waals surface area (Å²) in [6, 6.07) is 8.66. The van der Waals surface area contributed by atoms with Gasteiger partial charge in [0.05, 0.1) is 5.02 Å². The van der Waals surface area contributed by atoms with E-state index in [1.54, 1.807) is 12.1 Å². The van der Waals surface area contributed by atoms with E-state index in [0.29, 0.717) is 28.4 Å². The van der Waals surface area contributed by atoms with E-state index in [0.717, 1.165) is 6.07 Å². The number of hydrogen-bond acceptors (Lipinski definition) is 6. The van der Waals surface area contributed by atoms with Crippen LogP contribution in [0.25, 0.3) is 22.1 Å². The molecule has 1 unspecified atom stereocenters. The number of rotatable bonds is 5. The Bertz CT molecular complexity index is 1320. The van der Waals surface area contributed by atoms with Gasteiger partial charge in [0.15, 0.2) is 0 Å². The van der Waals surface area contributed by atoms with Crippen LogP contribution in [-0.4, -0.2) is 53.8 Å². The van der Waals surface area contributed by atoms with Crippen molar-refractivity contribution < 1.29 is 28.3 Å². The molecule has 1 aromatic heterocycles. The maximum Gasteiger partial charge on any atom is 0.336 e. The number of piperazine rings is 1. The van der Waals surface area contributed by atoms with Gasteiger partial charge in [0.1, 0.15) is 29.6 Å². The van der Waals surface area contributed by atoms with Gasteiger partial charge in [-0.25, -0.2) is 9.18 Å². The second-order valence-electron chi connectivity index (χ2n) is 7.60. The zero-order chi connectivity index (χ0) is 23.7. The van der Waals surface area contributed by atoms with E-state index in [-0.39, 0.29) is 30.2 Å². The van der Waals surface area contributed by atoms with Gasteiger partial charge in [-0.3, -0.25) is 9.59 Å². The molecule has 0 bridgehead atoms. The van der Waals surface area contributed by atoms with Gasteiger partial charge < -0.3 is 24.5 Å². The number of aldehydes is 1. The molecule has 0 spiro atoms.